The zero-order valence-electron chi connectivity index (χ0n) is 15.0. The Bertz CT molecular complexity index is 852. The Morgan fingerprint density at radius 3 is 2.38 bits per heavy atom. The number of aromatic nitrogens is 2. The molecule has 2 aromatic rings. The lowest BCUT2D eigenvalue weighted by Crippen LogP contribution is -2.24. The number of hydrogen-bond donors (Lipinski definition) is 2. The lowest BCUT2D eigenvalue weighted by atomic mass is 9.82. The second-order valence-electron chi connectivity index (χ2n) is 5.86. The summed E-state index contributed by atoms with van der Waals surface area (Å²) in [6, 6.07) is 7.05. The van der Waals surface area contributed by atoms with E-state index in [1.807, 2.05) is 19.1 Å². The number of aromatic amines is 1. The fraction of sp³-hybridized carbons (Fsp3) is 0.316. The molecule has 0 amide bonds. The molecule has 1 aliphatic rings. The monoisotopic (exact) mass is 355 g/mol. The third-order valence-electron chi connectivity index (χ3n) is 4.24. The molecule has 1 aromatic heterocycles. The van der Waals surface area contributed by atoms with Crippen LogP contribution in [-0.4, -0.2) is 35.3 Å². The maximum Gasteiger partial charge on any atom is 0.338 e. The average molecular weight is 355 g/mol. The predicted molar refractivity (Wildman–Crippen MR) is 95.8 cm³/mol. The van der Waals surface area contributed by atoms with Gasteiger partial charge in [-0.25, -0.2) is 9.59 Å². The topological polar surface area (TPSA) is 93.3 Å². The van der Waals surface area contributed by atoms with Crippen molar-refractivity contribution in [2.24, 2.45) is 0 Å². The molecule has 7 nitrogen and oxygen atoms in total. The summed E-state index contributed by atoms with van der Waals surface area (Å²) >= 11 is 0. The Labute approximate surface area is 151 Å². The molecule has 3 rings (SSSR count). The van der Waals surface area contributed by atoms with Gasteiger partial charge in [-0.2, -0.15) is 5.10 Å². The van der Waals surface area contributed by atoms with Crippen LogP contribution in [0.15, 0.2) is 41.7 Å². The molecule has 0 aliphatic carbocycles. The largest absolute Gasteiger partial charge is 0.463 e. The summed E-state index contributed by atoms with van der Waals surface area (Å²) in [5, 5.41) is 10.1. The Hall–Kier alpha value is -3.09. The molecule has 0 radical (unpaired) electrons. The summed E-state index contributed by atoms with van der Waals surface area (Å²) in [4.78, 5) is 24.4. The van der Waals surface area contributed by atoms with Crippen LogP contribution in [0.1, 0.15) is 48.2 Å². The van der Waals surface area contributed by atoms with Gasteiger partial charge in [0.15, 0.2) is 0 Å². The van der Waals surface area contributed by atoms with Gasteiger partial charge in [-0.05, 0) is 38.5 Å². The van der Waals surface area contributed by atoms with E-state index in [0.717, 1.165) is 16.9 Å². The van der Waals surface area contributed by atoms with Crippen LogP contribution in [0, 0.1) is 0 Å². The molecule has 0 bridgehead atoms. The van der Waals surface area contributed by atoms with E-state index in [-0.39, 0.29) is 17.9 Å². The zero-order valence-corrected chi connectivity index (χ0v) is 15.0. The summed E-state index contributed by atoms with van der Waals surface area (Å²) in [7, 11) is 0. The van der Waals surface area contributed by atoms with Crippen LogP contribution in [0.2, 0.25) is 0 Å². The second-order valence-corrected chi connectivity index (χ2v) is 5.86. The molecule has 7 heteroatoms. The van der Waals surface area contributed by atoms with Gasteiger partial charge < -0.3 is 14.8 Å². The van der Waals surface area contributed by atoms with Crippen LogP contribution in [0.4, 0.5) is 5.82 Å². The van der Waals surface area contributed by atoms with Crippen LogP contribution in [0.3, 0.4) is 0 Å². The first-order valence-electron chi connectivity index (χ1n) is 8.52. The van der Waals surface area contributed by atoms with Gasteiger partial charge in [0.1, 0.15) is 5.82 Å². The van der Waals surface area contributed by atoms with E-state index in [2.05, 4.69) is 15.5 Å². The average Bonchev–Trinajstić information content (AvgIpc) is 3.09. The minimum Gasteiger partial charge on any atom is -0.463 e. The van der Waals surface area contributed by atoms with Crippen molar-refractivity contribution in [3.8, 4) is 0 Å². The summed E-state index contributed by atoms with van der Waals surface area (Å²) in [5.74, 6) is -0.329. The van der Waals surface area contributed by atoms with E-state index in [1.54, 1.807) is 32.2 Å². The fourth-order valence-corrected chi connectivity index (χ4v) is 3.09. The number of ether oxygens (including phenoxy) is 2. The number of nitrogens with one attached hydrogen (secondary N) is 2. The van der Waals surface area contributed by atoms with Crippen molar-refractivity contribution in [3.05, 3.63) is 58.4 Å². The van der Waals surface area contributed by atoms with Crippen molar-refractivity contribution in [3.63, 3.8) is 0 Å². The number of rotatable bonds is 5. The van der Waals surface area contributed by atoms with Gasteiger partial charge in [0, 0.05) is 17.2 Å². The molecule has 1 unspecified atom stereocenters. The van der Waals surface area contributed by atoms with Gasteiger partial charge in [0.2, 0.25) is 0 Å². The first-order chi connectivity index (χ1) is 12.6. The van der Waals surface area contributed by atoms with E-state index in [4.69, 9.17) is 9.47 Å². The zero-order chi connectivity index (χ0) is 18.7. The third kappa shape index (κ3) is 3.20. The lowest BCUT2D eigenvalue weighted by Gasteiger charge is -2.27. The molecule has 136 valence electrons. The van der Waals surface area contributed by atoms with Crippen molar-refractivity contribution >= 4 is 17.8 Å². The van der Waals surface area contributed by atoms with E-state index >= 15 is 0 Å². The summed E-state index contributed by atoms with van der Waals surface area (Å²) < 4.78 is 10.3. The Morgan fingerprint density at radius 1 is 1.08 bits per heavy atom. The number of allylic oxidation sites excluding steroid dienone is 1. The molecule has 2 N–H and O–H groups in total. The van der Waals surface area contributed by atoms with Gasteiger partial charge in [0.05, 0.1) is 30.5 Å². The van der Waals surface area contributed by atoms with Crippen molar-refractivity contribution in [2.75, 3.05) is 18.5 Å². The summed E-state index contributed by atoms with van der Waals surface area (Å²) in [6.07, 6.45) is 1.69. The maximum atomic E-state index is 12.6. The van der Waals surface area contributed by atoms with E-state index in [0.29, 0.717) is 30.0 Å². The standard InChI is InChI=1S/C19H21N3O4/c1-4-25-18(23)13-8-6-12(7-9-13)16-14-10-20-22-17(14)21-11(3)15(16)19(24)26-5-2/h6-10,16H,4-5H2,1-3H3,(H2,20,21,22). The van der Waals surface area contributed by atoms with Gasteiger partial charge >= 0.3 is 11.9 Å². The Balaban J connectivity index is 2.02. The molecule has 1 aromatic carbocycles. The number of nitrogens with zero attached hydrogens (tertiary/aromatic N) is 1. The number of benzene rings is 1. The number of carbonyl (C=O) groups excluding carboxylic acids is 2. The van der Waals surface area contributed by atoms with Crippen LogP contribution in [0.5, 0.6) is 0 Å². The molecule has 0 fully saturated rings. The minimum absolute atomic E-state index is 0.294. The quantitative estimate of drug-likeness (QED) is 0.801. The van der Waals surface area contributed by atoms with Crippen molar-refractivity contribution < 1.29 is 19.1 Å². The van der Waals surface area contributed by atoms with Gasteiger partial charge in [0.25, 0.3) is 0 Å². The molecular weight excluding hydrogens is 334 g/mol. The highest BCUT2D eigenvalue weighted by Crippen LogP contribution is 2.41. The molecule has 0 saturated heterocycles. The number of hydrogen-bond acceptors (Lipinski definition) is 6. The van der Waals surface area contributed by atoms with Gasteiger partial charge in [-0.3, -0.25) is 5.10 Å². The van der Waals surface area contributed by atoms with E-state index in [9.17, 15) is 9.59 Å². The summed E-state index contributed by atoms with van der Waals surface area (Å²) in [5.41, 5.74) is 3.42. The van der Waals surface area contributed by atoms with Crippen molar-refractivity contribution in [1.29, 1.82) is 0 Å². The maximum absolute atomic E-state index is 12.6. The number of esters is 2. The highest BCUT2D eigenvalue weighted by Gasteiger charge is 2.34. The van der Waals surface area contributed by atoms with Crippen molar-refractivity contribution in [1.82, 2.24) is 10.2 Å². The first kappa shape index (κ1) is 17.7. The Morgan fingerprint density at radius 2 is 1.73 bits per heavy atom. The van der Waals surface area contributed by atoms with Crippen LogP contribution in [0.25, 0.3) is 0 Å². The smallest absolute Gasteiger partial charge is 0.338 e. The van der Waals surface area contributed by atoms with E-state index < -0.39 is 0 Å². The van der Waals surface area contributed by atoms with Crippen molar-refractivity contribution in [2.45, 2.75) is 26.7 Å². The van der Waals surface area contributed by atoms with Crippen LogP contribution < -0.4 is 5.32 Å². The van der Waals surface area contributed by atoms with Gasteiger partial charge in [-0.15, -0.1) is 0 Å². The highest BCUT2D eigenvalue weighted by molar-refractivity contribution is 5.94. The predicted octanol–water partition coefficient (Wildman–Crippen LogP) is 2.98. The lowest BCUT2D eigenvalue weighted by molar-refractivity contribution is -0.138. The number of carbonyl (C=O) groups is 2. The van der Waals surface area contributed by atoms with Crippen LogP contribution >= 0.6 is 0 Å². The van der Waals surface area contributed by atoms with Gasteiger partial charge in [-0.1, -0.05) is 12.1 Å². The second kappa shape index (κ2) is 7.43. The number of fused-ring (bicyclic) bond motifs is 1. The molecule has 26 heavy (non-hydrogen) atoms. The fourth-order valence-electron chi connectivity index (χ4n) is 3.09. The third-order valence-corrected chi connectivity index (χ3v) is 4.24. The normalized spacial score (nSPS) is 15.9. The summed E-state index contributed by atoms with van der Waals surface area (Å²) in [6.45, 7) is 5.98. The first-order valence-corrected chi connectivity index (χ1v) is 8.52. The molecule has 1 atom stereocenters. The SMILES string of the molecule is CCOC(=O)C1=C(C)Nc2[nH]ncc2C1c1ccc(C(=O)OCC)cc1. The van der Waals surface area contributed by atoms with E-state index in [1.165, 1.54) is 0 Å². The molecular formula is C19H21N3O4. The highest BCUT2D eigenvalue weighted by atomic mass is 16.5. The minimum atomic E-state index is -0.371. The number of H-pyrrole nitrogens is 1. The molecule has 0 saturated carbocycles. The molecule has 1 aliphatic heterocycles. The van der Waals surface area contributed by atoms with Crippen LogP contribution in [-0.2, 0) is 14.3 Å². The molecule has 2 heterocycles. The number of anilines is 1. The Kier molecular flexibility index (Phi) is 5.06. The molecule has 0 spiro atoms.